The van der Waals surface area contributed by atoms with Gasteiger partial charge in [0.15, 0.2) is 5.96 Å². The third-order valence-corrected chi connectivity index (χ3v) is 3.51. The maximum Gasteiger partial charge on any atom is 0.407 e. The molecular formula is C17H34N4O2. The van der Waals surface area contributed by atoms with Crippen LogP contribution in [0.4, 0.5) is 4.79 Å². The number of nitrogens with zero attached hydrogens (tertiary/aromatic N) is 2. The van der Waals surface area contributed by atoms with Gasteiger partial charge in [-0.2, -0.15) is 0 Å². The third-order valence-electron chi connectivity index (χ3n) is 3.51. The lowest BCUT2D eigenvalue weighted by Crippen LogP contribution is -2.44. The van der Waals surface area contributed by atoms with Crippen molar-refractivity contribution < 1.29 is 9.53 Å². The van der Waals surface area contributed by atoms with Crippen molar-refractivity contribution in [1.82, 2.24) is 15.5 Å². The summed E-state index contributed by atoms with van der Waals surface area (Å²) in [7, 11) is 0. The number of amides is 1. The summed E-state index contributed by atoms with van der Waals surface area (Å²) < 4.78 is 5.32. The Morgan fingerprint density at radius 2 is 2.09 bits per heavy atom. The number of likely N-dealkylation sites (tertiary alicyclic amines) is 1. The van der Waals surface area contributed by atoms with E-state index in [1.165, 1.54) is 0 Å². The zero-order valence-corrected chi connectivity index (χ0v) is 15.6. The van der Waals surface area contributed by atoms with Crippen molar-refractivity contribution in [2.45, 2.75) is 66.0 Å². The molecule has 0 bridgehead atoms. The van der Waals surface area contributed by atoms with E-state index in [1.54, 1.807) is 0 Å². The number of hydrogen-bond acceptors (Lipinski definition) is 3. The van der Waals surface area contributed by atoms with Crippen LogP contribution in [0.3, 0.4) is 0 Å². The Labute approximate surface area is 141 Å². The zero-order valence-electron chi connectivity index (χ0n) is 15.6. The van der Waals surface area contributed by atoms with Crippen LogP contribution in [0.5, 0.6) is 0 Å². The molecule has 134 valence electrons. The maximum absolute atomic E-state index is 11.9. The summed E-state index contributed by atoms with van der Waals surface area (Å²) in [6.45, 7) is 15.5. The molecular weight excluding hydrogens is 292 g/mol. The molecule has 0 saturated carbocycles. The molecule has 1 heterocycles. The van der Waals surface area contributed by atoms with Gasteiger partial charge in [-0.1, -0.05) is 13.8 Å². The fourth-order valence-electron chi connectivity index (χ4n) is 2.40. The summed E-state index contributed by atoms with van der Waals surface area (Å²) in [6.07, 6.45) is 1.65. The van der Waals surface area contributed by atoms with Gasteiger partial charge in [0.05, 0.1) is 6.04 Å². The lowest BCUT2D eigenvalue weighted by Gasteiger charge is -2.23. The fraction of sp³-hybridized carbons (Fsp3) is 0.882. The van der Waals surface area contributed by atoms with Crippen LogP contribution in [-0.2, 0) is 4.74 Å². The second kappa shape index (κ2) is 8.99. The summed E-state index contributed by atoms with van der Waals surface area (Å²) in [4.78, 5) is 18.8. The first-order valence-corrected chi connectivity index (χ1v) is 8.74. The smallest absolute Gasteiger partial charge is 0.407 e. The minimum atomic E-state index is -0.463. The number of guanidine groups is 1. The third kappa shape index (κ3) is 8.09. The Hall–Kier alpha value is -1.46. The molecule has 1 unspecified atom stereocenters. The van der Waals surface area contributed by atoms with E-state index in [2.05, 4.69) is 36.3 Å². The van der Waals surface area contributed by atoms with Crippen LogP contribution >= 0.6 is 0 Å². The Morgan fingerprint density at radius 3 is 2.65 bits per heavy atom. The van der Waals surface area contributed by atoms with Crippen LogP contribution in [0.25, 0.3) is 0 Å². The summed E-state index contributed by atoms with van der Waals surface area (Å²) in [5.41, 5.74) is -0.463. The maximum atomic E-state index is 11.9. The van der Waals surface area contributed by atoms with Crippen molar-refractivity contribution in [2.75, 3.05) is 26.2 Å². The molecule has 1 amide bonds. The molecule has 1 rings (SSSR count). The molecule has 1 aliphatic heterocycles. The first-order chi connectivity index (χ1) is 10.7. The van der Waals surface area contributed by atoms with E-state index in [0.29, 0.717) is 5.92 Å². The van der Waals surface area contributed by atoms with Crippen LogP contribution in [0.1, 0.15) is 54.4 Å². The SMILES string of the molecule is CCNC(=NCCC(C)C)N1CCC(NC(=O)OC(C)(C)C)C1. The van der Waals surface area contributed by atoms with Crippen LogP contribution in [0.15, 0.2) is 4.99 Å². The van der Waals surface area contributed by atoms with Crippen molar-refractivity contribution in [3.8, 4) is 0 Å². The molecule has 0 spiro atoms. The van der Waals surface area contributed by atoms with Crippen LogP contribution in [-0.4, -0.2) is 54.8 Å². The lowest BCUT2D eigenvalue weighted by molar-refractivity contribution is 0.0507. The average Bonchev–Trinajstić information content (AvgIpc) is 2.83. The largest absolute Gasteiger partial charge is 0.444 e. The second-order valence-corrected chi connectivity index (χ2v) is 7.50. The molecule has 1 aliphatic rings. The molecule has 0 aromatic rings. The van der Waals surface area contributed by atoms with Gasteiger partial charge in [-0.25, -0.2) is 4.79 Å². The first kappa shape index (κ1) is 19.6. The van der Waals surface area contributed by atoms with Gasteiger partial charge in [-0.05, 0) is 46.5 Å². The molecule has 6 nitrogen and oxygen atoms in total. The molecule has 0 aromatic heterocycles. The van der Waals surface area contributed by atoms with Gasteiger partial charge in [0.2, 0.25) is 0 Å². The van der Waals surface area contributed by atoms with E-state index in [9.17, 15) is 4.79 Å². The Morgan fingerprint density at radius 1 is 1.39 bits per heavy atom. The zero-order chi connectivity index (χ0) is 17.5. The summed E-state index contributed by atoms with van der Waals surface area (Å²) >= 11 is 0. The van der Waals surface area contributed by atoms with Gasteiger partial charge >= 0.3 is 6.09 Å². The number of rotatable bonds is 5. The van der Waals surface area contributed by atoms with E-state index in [-0.39, 0.29) is 12.1 Å². The first-order valence-electron chi connectivity index (χ1n) is 8.74. The molecule has 0 radical (unpaired) electrons. The van der Waals surface area contributed by atoms with E-state index in [0.717, 1.165) is 45.0 Å². The number of carbonyl (C=O) groups excluding carboxylic acids is 1. The van der Waals surface area contributed by atoms with E-state index in [1.807, 2.05) is 20.8 Å². The number of carbonyl (C=O) groups is 1. The van der Waals surface area contributed by atoms with E-state index < -0.39 is 5.60 Å². The van der Waals surface area contributed by atoms with Crippen LogP contribution < -0.4 is 10.6 Å². The second-order valence-electron chi connectivity index (χ2n) is 7.50. The van der Waals surface area contributed by atoms with Crippen molar-refractivity contribution in [3.05, 3.63) is 0 Å². The molecule has 1 fully saturated rings. The van der Waals surface area contributed by atoms with Crippen LogP contribution in [0.2, 0.25) is 0 Å². The highest BCUT2D eigenvalue weighted by Gasteiger charge is 2.27. The van der Waals surface area contributed by atoms with Gasteiger partial charge < -0.3 is 20.3 Å². The summed E-state index contributed by atoms with van der Waals surface area (Å²) in [6, 6.07) is 0.110. The Kier molecular flexibility index (Phi) is 7.65. The summed E-state index contributed by atoms with van der Waals surface area (Å²) in [5.74, 6) is 1.60. The molecule has 23 heavy (non-hydrogen) atoms. The lowest BCUT2D eigenvalue weighted by atomic mass is 10.1. The number of ether oxygens (including phenoxy) is 1. The molecule has 2 N–H and O–H groups in total. The molecule has 1 atom stereocenters. The molecule has 0 aliphatic carbocycles. The minimum absolute atomic E-state index is 0.110. The van der Waals surface area contributed by atoms with Gasteiger partial charge in [0.25, 0.3) is 0 Å². The predicted molar refractivity (Wildman–Crippen MR) is 94.8 cm³/mol. The van der Waals surface area contributed by atoms with Gasteiger partial charge in [-0.3, -0.25) is 4.99 Å². The van der Waals surface area contributed by atoms with Crippen molar-refractivity contribution >= 4 is 12.1 Å². The summed E-state index contributed by atoms with van der Waals surface area (Å²) in [5, 5.41) is 6.29. The number of hydrogen-bond donors (Lipinski definition) is 2. The Bertz CT molecular complexity index is 402. The highest BCUT2D eigenvalue weighted by atomic mass is 16.6. The molecule has 6 heteroatoms. The molecule has 0 aromatic carbocycles. The monoisotopic (exact) mass is 326 g/mol. The standard InChI is InChI=1S/C17H34N4O2/c1-7-18-15(19-10-8-13(2)3)21-11-9-14(12-21)20-16(22)23-17(4,5)6/h13-14H,7-12H2,1-6H3,(H,18,19)(H,20,22). The average molecular weight is 326 g/mol. The normalized spacial score (nSPS) is 19.2. The molecule has 1 saturated heterocycles. The number of nitrogens with one attached hydrogen (secondary N) is 2. The minimum Gasteiger partial charge on any atom is -0.444 e. The van der Waals surface area contributed by atoms with Crippen LogP contribution in [0, 0.1) is 5.92 Å². The van der Waals surface area contributed by atoms with Crippen molar-refractivity contribution in [2.24, 2.45) is 10.9 Å². The highest BCUT2D eigenvalue weighted by molar-refractivity contribution is 5.80. The van der Waals surface area contributed by atoms with Gasteiger partial charge in [-0.15, -0.1) is 0 Å². The van der Waals surface area contributed by atoms with E-state index in [4.69, 9.17) is 9.73 Å². The quantitative estimate of drug-likeness (QED) is 0.602. The van der Waals surface area contributed by atoms with Gasteiger partial charge in [0, 0.05) is 26.2 Å². The van der Waals surface area contributed by atoms with E-state index >= 15 is 0 Å². The predicted octanol–water partition coefficient (Wildman–Crippen LogP) is 2.60. The van der Waals surface area contributed by atoms with Gasteiger partial charge in [0.1, 0.15) is 5.60 Å². The Balaban J connectivity index is 2.50. The highest BCUT2D eigenvalue weighted by Crippen LogP contribution is 2.12. The number of alkyl carbamates (subject to hydrolysis) is 1. The van der Waals surface area contributed by atoms with Crippen molar-refractivity contribution in [1.29, 1.82) is 0 Å². The van der Waals surface area contributed by atoms with Crippen molar-refractivity contribution in [3.63, 3.8) is 0 Å². The fourth-order valence-corrected chi connectivity index (χ4v) is 2.40. The topological polar surface area (TPSA) is 66.0 Å². The number of aliphatic imine (C=N–C) groups is 1.